The average molecular weight is 452 g/mol. The Morgan fingerprint density at radius 2 is 1.65 bits per heavy atom. The minimum atomic E-state index is -0.906. The normalized spacial score (nSPS) is 26.1. The van der Waals surface area contributed by atoms with E-state index >= 15 is 0 Å². The van der Waals surface area contributed by atoms with Crippen molar-refractivity contribution in [2.75, 3.05) is 5.32 Å². The van der Waals surface area contributed by atoms with Gasteiger partial charge >= 0.3 is 0 Å². The van der Waals surface area contributed by atoms with Crippen LogP contribution in [0.2, 0.25) is 0 Å². The number of nitrogens with zero attached hydrogens (tertiary/aromatic N) is 2. The maximum absolute atomic E-state index is 13.6. The molecule has 6 nitrogen and oxygen atoms in total. The molecule has 3 amide bonds. The van der Waals surface area contributed by atoms with Gasteiger partial charge in [0, 0.05) is 23.7 Å². The van der Waals surface area contributed by atoms with Gasteiger partial charge in [-0.15, -0.1) is 0 Å². The number of pyridine rings is 1. The van der Waals surface area contributed by atoms with E-state index in [9.17, 15) is 14.4 Å². The van der Waals surface area contributed by atoms with E-state index in [1.165, 1.54) is 4.90 Å². The fourth-order valence-electron chi connectivity index (χ4n) is 5.92. The first-order chi connectivity index (χ1) is 16.6. The first-order valence-corrected chi connectivity index (χ1v) is 11.8. The molecule has 6 heteroatoms. The smallest absolute Gasteiger partial charge is 0.248 e. The van der Waals surface area contributed by atoms with E-state index in [0.29, 0.717) is 5.69 Å². The van der Waals surface area contributed by atoms with Crippen molar-refractivity contribution < 1.29 is 14.4 Å². The van der Waals surface area contributed by atoms with Gasteiger partial charge in [0.1, 0.15) is 6.04 Å². The van der Waals surface area contributed by atoms with E-state index in [-0.39, 0.29) is 47.8 Å². The highest BCUT2D eigenvalue weighted by molar-refractivity contribution is 6.10. The molecule has 2 fully saturated rings. The maximum Gasteiger partial charge on any atom is 0.248 e. The Morgan fingerprint density at radius 1 is 0.941 bits per heavy atom. The zero-order valence-electron chi connectivity index (χ0n) is 18.6. The van der Waals surface area contributed by atoms with Gasteiger partial charge in [-0.25, -0.2) is 0 Å². The van der Waals surface area contributed by atoms with E-state index in [1.807, 2.05) is 54.6 Å². The number of carbonyl (C=O) groups excluding carboxylic acids is 3. The molecule has 2 aromatic carbocycles. The highest BCUT2D eigenvalue weighted by Gasteiger charge is 2.58. The van der Waals surface area contributed by atoms with Gasteiger partial charge in [0.15, 0.2) is 0 Å². The Kier molecular flexibility index (Phi) is 5.01. The number of hydrogen-bond donors (Lipinski definition) is 1. The molecule has 34 heavy (non-hydrogen) atoms. The summed E-state index contributed by atoms with van der Waals surface area (Å²) in [5, 5.41) is 3.87. The van der Waals surface area contributed by atoms with Crippen LogP contribution in [0.25, 0.3) is 10.9 Å². The van der Waals surface area contributed by atoms with Crippen molar-refractivity contribution in [1.29, 1.82) is 0 Å². The molecule has 3 aromatic rings. The third kappa shape index (κ3) is 3.41. The summed E-state index contributed by atoms with van der Waals surface area (Å²) < 4.78 is 0. The van der Waals surface area contributed by atoms with Crippen LogP contribution in [-0.2, 0) is 20.8 Å². The van der Waals surface area contributed by atoms with Gasteiger partial charge in [-0.3, -0.25) is 24.3 Å². The number of carbonyl (C=O) groups is 3. The number of allylic oxidation sites excluding steroid dienone is 2. The maximum atomic E-state index is 13.6. The molecular formula is C28H25N3O3. The molecule has 170 valence electrons. The number of fused-ring (bicyclic) bond motifs is 2. The molecule has 0 radical (unpaired) electrons. The zero-order chi connectivity index (χ0) is 23.2. The number of anilines is 1. The molecule has 1 saturated heterocycles. The second-order valence-corrected chi connectivity index (χ2v) is 9.49. The minimum Gasteiger partial charge on any atom is -0.324 e. The van der Waals surface area contributed by atoms with Crippen LogP contribution in [-0.4, -0.2) is 33.6 Å². The third-order valence-corrected chi connectivity index (χ3v) is 7.55. The SMILES string of the molecule is O=C(Nc1ccc2ncccc2c1)[C@H](Cc1ccccc1)N1C(=O)[C@H]2[C@H](C1=O)[C@H]1C=C[C@H]2CC1. The fraction of sp³-hybridized carbons (Fsp3) is 0.286. The third-order valence-electron chi connectivity index (χ3n) is 7.55. The van der Waals surface area contributed by atoms with Crippen LogP contribution in [0, 0.1) is 23.7 Å². The number of imide groups is 1. The van der Waals surface area contributed by atoms with Crippen LogP contribution in [0.5, 0.6) is 0 Å². The van der Waals surface area contributed by atoms with Gasteiger partial charge in [-0.1, -0.05) is 48.6 Å². The van der Waals surface area contributed by atoms with Crippen LogP contribution in [0.1, 0.15) is 18.4 Å². The number of aromatic nitrogens is 1. The number of likely N-dealkylation sites (tertiary alicyclic amines) is 1. The summed E-state index contributed by atoms with van der Waals surface area (Å²) in [6.45, 7) is 0. The number of rotatable bonds is 5. The topological polar surface area (TPSA) is 79.4 Å². The molecule has 7 rings (SSSR count). The van der Waals surface area contributed by atoms with Crippen molar-refractivity contribution in [2.45, 2.75) is 25.3 Å². The van der Waals surface area contributed by atoms with E-state index in [0.717, 1.165) is 29.3 Å². The molecule has 2 bridgehead atoms. The van der Waals surface area contributed by atoms with Crippen LogP contribution >= 0.6 is 0 Å². The average Bonchev–Trinajstić information content (AvgIpc) is 3.16. The van der Waals surface area contributed by atoms with Crippen molar-refractivity contribution in [3.63, 3.8) is 0 Å². The number of hydrogen-bond acceptors (Lipinski definition) is 4. The van der Waals surface area contributed by atoms with Crippen LogP contribution in [0.3, 0.4) is 0 Å². The fourth-order valence-corrected chi connectivity index (χ4v) is 5.92. The molecule has 2 heterocycles. The summed E-state index contributed by atoms with van der Waals surface area (Å²) in [5.41, 5.74) is 2.35. The Bertz CT molecular complexity index is 1290. The summed E-state index contributed by atoms with van der Waals surface area (Å²) >= 11 is 0. The summed E-state index contributed by atoms with van der Waals surface area (Å²) in [5.74, 6) is -1.26. The first kappa shape index (κ1) is 20.8. The van der Waals surface area contributed by atoms with Crippen molar-refractivity contribution in [3.8, 4) is 0 Å². The predicted molar refractivity (Wildman–Crippen MR) is 128 cm³/mol. The Morgan fingerprint density at radius 3 is 2.32 bits per heavy atom. The molecule has 0 spiro atoms. The Hall–Kier alpha value is -3.80. The number of nitrogens with one attached hydrogen (secondary N) is 1. The second kappa shape index (κ2) is 8.20. The lowest BCUT2D eigenvalue weighted by molar-refractivity contribution is -0.146. The van der Waals surface area contributed by atoms with Crippen molar-refractivity contribution >= 4 is 34.3 Å². The van der Waals surface area contributed by atoms with E-state index in [2.05, 4.69) is 22.5 Å². The lowest BCUT2D eigenvalue weighted by atomic mass is 9.63. The minimum absolute atomic E-state index is 0.0878. The van der Waals surface area contributed by atoms with Crippen molar-refractivity contribution in [3.05, 3.63) is 84.6 Å². The molecule has 1 saturated carbocycles. The monoisotopic (exact) mass is 451 g/mol. The molecule has 3 aliphatic carbocycles. The molecular weight excluding hydrogens is 426 g/mol. The first-order valence-electron chi connectivity index (χ1n) is 11.8. The van der Waals surface area contributed by atoms with Crippen molar-refractivity contribution in [2.24, 2.45) is 23.7 Å². The molecule has 1 N–H and O–H groups in total. The van der Waals surface area contributed by atoms with Gasteiger partial charge in [0.25, 0.3) is 0 Å². The van der Waals surface area contributed by atoms with Gasteiger partial charge in [-0.2, -0.15) is 0 Å². The number of amides is 3. The largest absolute Gasteiger partial charge is 0.324 e. The van der Waals surface area contributed by atoms with E-state index in [1.54, 1.807) is 12.3 Å². The molecule has 1 aromatic heterocycles. The molecule has 5 atom stereocenters. The Labute approximate surface area is 197 Å². The summed E-state index contributed by atoms with van der Waals surface area (Å²) in [7, 11) is 0. The summed E-state index contributed by atoms with van der Waals surface area (Å²) in [6, 6.07) is 17.9. The Balaban J connectivity index is 1.33. The highest BCUT2D eigenvalue weighted by atomic mass is 16.2. The van der Waals surface area contributed by atoms with Gasteiger partial charge in [-0.05, 0) is 54.5 Å². The lowest BCUT2D eigenvalue weighted by Crippen LogP contribution is -2.49. The molecule has 4 aliphatic rings. The van der Waals surface area contributed by atoms with Crippen LogP contribution < -0.4 is 5.32 Å². The quantitative estimate of drug-likeness (QED) is 0.470. The number of benzene rings is 2. The van der Waals surface area contributed by atoms with Crippen molar-refractivity contribution in [1.82, 2.24) is 9.88 Å². The van der Waals surface area contributed by atoms with Gasteiger partial charge < -0.3 is 5.32 Å². The standard InChI is InChI=1S/C28H25N3O3/c32-26(30-21-12-13-22-20(16-21)7-4-14-29-22)23(15-17-5-2-1-3-6-17)31-27(33)24-18-8-9-19(11-10-18)25(24)28(31)34/h1-9,12-14,16,18-19,23-25H,10-11,15H2,(H,30,32)/t18-,19-,23-,24+,25+/m0/s1. The predicted octanol–water partition coefficient (Wildman–Crippen LogP) is 3.98. The van der Waals surface area contributed by atoms with Crippen LogP contribution in [0.4, 0.5) is 5.69 Å². The zero-order valence-corrected chi connectivity index (χ0v) is 18.6. The summed E-state index contributed by atoms with van der Waals surface area (Å²) in [6.07, 6.45) is 8.05. The van der Waals surface area contributed by atoms with Gasteiger partial charge in [0.2, 0.25) is 17.7 Å². The van der Waals surface area contributed by atoms with Crippen LogP contribution in [0.15, 0.2) is 79.0 Å². The molecule has 0 unspecified atom stereocenters. The molecule has 1 aliphatic heterocycles. The highest BCUT2D eigenvalue weighted by Crippen LogP contribution is 2.50. The lowest BCUT2D eigenvalue weighted by Gasteiger charge is -2.38. The van der Waals surface area contributed by atoms with Gasteiger partial charge in [0.05, 0.1) is 17.4 Å². The van der Waals surface area contributed by atoms with E-state index < -0.39 is 6.04 Å². The summed E-state index contributed by atoms with van der Waals surface area (Å²) in [4.78, 5) is 46.4. The van der Waals surface area contributed by atoms with E-state index in [4.69, 9.17) is 0 Å². The second-order valence-electron chi connectivity index (χ2n) is 9.49.